The van der Waals surface area contributed by atoms with Gasteiger partial charge in [0, 0.05) is 30.6 Å². The Labute approximate surface area is 122 Å². The fourth-order valence-electron chi connectivity index (χ4n) is 2.98. The Morgan fingerprint density at radius 1 is 1.10 bits per heavy atom. The van der Waals surface area contributed by atoms with Crippen LogP contribution in [0.25, 0.3) is 0 Å². The predicted molar refractivity (Wildman–Crippen MR) is 79.3 cm³/mol. The van der Waals surface area contributed by atoms with Gasteiger partial charge in [0.25, 0.3) is 0 Å². The topological polar surface area (TPSA) is 66.5 Å². The van der Waals surface area contributed by atoms with Crippen LogP contribution in [0.3, 0.4) is 0 Å². The second kappa shape index (κ2) is 5.64. The van der Waals surface area contributed by atoms with Crippen molar-refractivity contribution in [2.45, 2.75) is 52.1 Å². The van der Waals surface area contributed by atoms with Crippen LogP contribution in [0, 0.1) is 5.41 Å². The summed E-state index contributed by atoms with van der Waals surface area (Å²) in [6.45, 7) is 7.38. The molecule has 116 valence electrons. The lowest BCUT2D eigenvalue weighted by atomic mass is 9.93. The zero-order chi connectivity index (χ0) is 15.0. The average molecular weight is 302 g/mol. The maximum absolute atomic E-state index is 12.2. The van der Waals surface area contributed by atoms with Gasteiger partial charge >= 0.3 is 0 Å². The van der Waals surface area contributed by atoms with Gasteiger partial charge in [-0.25, -0.2) is 8.42 Å². The zero-order valence-electron chi connectivity index (χ0n) is 12.7. The van der Waals surface area contributed by atoms with Crippen molar-refractivity contribution in [1.82, 2.24) is 10.2 Å². The van der Waals surface area contributed by atoms with E-state index in [1.54, 1.807) is 0 Å². The highest BCUT2D eigenvalue weighted by molar-refractivity contribution is 7.91. The van der Waals surface area contributed by atoms with E-state index in [0.29, 0.717) is 11.8 Å². The third-order valence-corrected chi connectivity index (χ3v) is 5.90. The average Bonchev–Trinajstić information content (AvgIpc) is 2.67. The smallest absolute Gasteiger partial charge is 0.227 e. The first kappa shape index (κ1) is 15.8. The molecule has 0 radical (unpaired) electrons. The highest BCUT2D eigenvalue weighted by Gasteiger charge is 2.33. The Bertz CT molecular complexity index is 459. The number of nitrogens with one attached hydrogen (secondary N) is 1. The minimum atomic E-state index is -2.82. The molecule has 0 bridgehead atoms. The van der Waals surface area contributed by atoms with Crippen molar-refractivity contribution in [2.24, 2.45) is 5.41 Å². The Morgan fingerprint density at radius 3 is 2.15 bits per heavy atom. The number of nitrogens with zero attached hydrogens (tertiary/aromatic N) is 1. The Morgan fingerprint density at radius 2 is 1.70 bits per heavy atom. The molecular formula is C14H26N2O3S. The highest BCUT2D eigenvalue weighted by atomic mass is 32.2. The summed E-state index contributed by atoms with van der Waals surface area (Å²) in [6, 6.07) is 0.451. The van der Waals surface area contributed by atoms with E-state index >= 15 is 0 Å². The number of hydrogen-bond acceptors (Lipinski definition) is 4. The molecule has 1 unspecified atom stereocenters. The lowest BCUT2D eigenvalue weighted by Crippen LogP contribution is -2.50. The molecule has 1 atom stereocenters. The summed E-state index contributed by atoms with van der Waals surface area (Å²) in [5.41, 5.74) is -0.320. The third-order valence-electron chi connectivity index (χ3n) is 4.13. The van der Waals surface area contributed by atoms with E-state index in [1.807, 2.05) is 25.7 Å². The van der Waals surface area contributed by atoms with E-state index in [1.165, 1.54) is 0 Å². The summed E-state index contributed by atoms with van der Waals surface area (Å²) in [7, 11) is -2.82. The van der Waals surface area contributed by atoms with Crippen LogP contribution in [0.2, 0.25) is 0 Å². The molecule has 0 aliphatic carbocycles. The fourth-order valence-corrected chi connectivity index (χ4v) is 4.67. The van der Waals surface area contributed by atoms with Crippen molar-refractivity contribution in [3.63, 3.8) is 0 Å². The first-order valence-corrected chi connectivity index (χ1v) is 9.25. The number of hydrogen-bond donors (Lipinski definition) is 1. The summed E-state index contributed by atoms with van der Waals surface area (Å²) in [6.07, 6.45) is 2.56. The summed E-state index contributed by atoms with van der Waals surface area (Å²) >= 11 is 0. The monoisotopic (exact) mass is 302 g/mol. The van der Waals surface area contributed by atoms with Crippen molar-refractivity contribution in [1.29, 1.82) is 0 Å². The van der Waals surface area contributed by atoms with E-state index in [9.17, 15) is 13.2 Å². The number of sulfone groups is 1. The maximum atomic E-state index is 12.2. The normalized spacial score (nSPS) is 27.8. The summed E-state index contributed by atoms with van der Waals surface area (Å²) in [4.78, 5) is 14.1. The van der Waals surface area contributed by atoms with E-state index in [0.717, 1.165) is 32.4 Å². The molecule has 0 aromatic heterocycles. The van der Waals surface area contributed by atoms with Gasteiger partial charge in [-0.05, 0) is 19.3 Å². The number of amides is 1. The summed E-state index contributed by atoms with van der Waals surface area (Å²) in [5.74, 6) is 0.791. The third kappa shape index (κ3) is 3.95. The minimum Gasteiger partial charge on any atom is -0.342 e. The molecule has 6 heteroatoms. The van der Waals surface area contributed by atoms with Crippen molar-refractivity contribution < 1.29 is 13.2 Å². The first-order valence-electron chi connectivity index (χ1n) is 7.43. The number of likely N-dealkylation sites (tertiary alicyclic amines) is 1. The second-order valence-corrected chi connectivity index (χ2v) is 9.31. The molecular weight excluding hydrogens is 276 g/mol. The van der Waals surface area contributed by atoms with Crippen LogP contribution in [0.15, 0.2) is 0 Å². The minimum absolute atomic E-state index is 0.106. The first-order chi connectivity index (χ1) is 9.17. The number of carbonyl (C=O) groups is 1. The lowest BCUT2D eigenvalue weighted by molar-refractivity contribution is -0.140. The van der Waals surface area contributed by atoms with Crippen molar-refractivity contribution in [2.75, 3.05) is 24.6 Å². The lowest BCUT2D eigenvalue weighted by Gasteiger charge is -2.36. The molecule has 20 heavy (non-hydrogen) atoms. The zero-order valence-corrected chi connectivity index (χ0v) is 13.5. The van der Waals surface area contributed by atoms with E-state index < -0.39 is 9.84 Å². The van der Waals surface area contributed by atoms with Crippen LogP contribution in [0.1, 0.15) is 40.0 Å². The molecule has 5 nitrogen and oxygen atoms in total. The molecule has 2 rings (SSSR count). The summed E-state index contributed by atoms with van der Waals surface area (Å²) < 4.78 is 22.9. The molecule has 1 N–H and O–H groups in total. The van der Waals surface area contributed by atoms with Crippen molar-refractivity contribution in [3.8, 4) is 0 Å². The molecule has 0 aromatic carbocycles. The van der Waals surface area contributed by atoms with Gasteiger partial charge in [-0.2, -0.15) is 0 Å². The molecule has 2 heterocycles. The number of carbonyl (C=O) groups excluding carboxylic acids is 1. The summed E-state index contributed by atoms with van der Waals surface area (Å²) in [5, 5.41) is 3.45. The Kier molecular flexibility index (Phi) is 4.44. The van der Waals surface area contributed by atoms with Gasteiger partial charge in [0.2, 0.25) is 5.91 Å². The van der Waals surface area contributed by atoms with E-state index in [2.05, 4.69) is 5.32 Å². The number of piperidine rings is 1. The standard InChI is InChI=1S/C14H26N2O3S/c1-14(2,3)13(17)16-7-4-11(5-8-16)15-12-6-9-20(18,19)10-12/h11-12,15H,4-10H2,1-3H3. The van der Waals surface area contributed by atoms with E-state index in [-0.39, 0.29) is 23.1 Å². The van der Waals surface area contributed by atoms with Crippen LogP contribution in [0.5, 0.6) is 0 Å². The molecule has 2 aliphatic heterocycles. The quantitative estimate of drug-likeness (QED) is 0.819. The molecule has 2 fully saturated rings. The predicted octanol–water partition coefficient (Wildman–Crippen LogP) is 0.800. The molecule has 2 aliphatic rings. The number of rotatable bonds is 2. The van der Waals surface area contributed by atoms with Gasteiger partial charge < -0.3 is 10.2 Å². The van der Waals surface area contributed by atoms with Crippen LogP contribution in [0.4, 0.5) is 0 Å². The van der Waals surface area contributed by atoms with Gasteiger partial charge in [0.1, 0.15) is 0 Å². The molecule has 0 spiro atoms. The Balaban J connectivity index is 1.79. The van der Waals surface area contributed by atoms with Gasteiger partial charge in [0.05, 0.1) is 11.5 Å². The van der Waals surface area contributed by atoms with Crippen LogP contribution >= 0.6 is 0 Å². The van der Waals surface area contributed by atoms with Gasteiger partial charge in [-0.15, -0.1) is 0 Å². The highest BCUT2D eigenvalue weighted by Crippen LogP contribution is 2.22. The van der Waals surface area contributed by atoms with Crippen LogP contribution in [-0.4, -0.2) is 55.9 Å². The van der Waals surface area contributed by atoms with Gasteiger partial charge in [-0.3, -0.25) is 4.79 Å². The van der Waals surface area contributed by atoms with Crippen LogP contribution in [-0.2, 0) is 14.6 Å². The second-order valence-electron chi connectivity index (χ2n) is 7.08. The van der Waals surface area contributed by atoms with Crippen molar-refractivity contribution >= 4 is 15.7 Å². The van der Waals surface area contributed by atoms with Gasteiger partial charge in [-0.1, -0.05) is 20.8 Å². The SMILES string of the molecule is CC(C)(C)C(=O)N1CCC(NC2CCS(=O)(=O)C2)CC1. The van der Waals surface area contributed by atoms with Crippen LogP contribution < -0.4 is 5.32 Å². The molecule has 0 saturated carbocycles. The molecule has 0 aromatic rings. The van der Waals surface area contributed by atoms with Gasteiger partial charge in [0.15, 0.2) is 9.84 Å². The molecule has 2 saturated heterocycles. The fraction of sp³-hybridized carbons (Fsp3) is 0.929. The van der Waals surface area contributed by atoms with Crippen molar-refractivity contribution in [3.05, 3.63) is 0 Å². The Hall–Kier alpha value is -0.620. The molecule has 1 amide bonds. The largest absolute Gasteiger partial charge is 0.342 e. The maximum Gasteiger partial charge on any atom is 0.227 e. The van der Waals surface area contributed by atoms with E-state index in [4.69, 9.17) is 0 Å².